The number of benzene rings is 8. The van der Waals surface area contributed by atoms with Gasteiger partial charge in [-0.2, -0.15) is 0 Å². The van der Waals surface area contributed by atoms with Crippen molar-refractivity contribution in [1.29, 1.82) is 0 Å². The van der Waals surface area contributed by atoms with Gasteiger partial charge >= 0.3 is 0 Å². The van der Waals surface area contributed by atoms with E-state index in [2.05, 4.69) is 193 Å². The lowest BCUT2D eigenvalue weighted by Gasteiger charge is -2.15. The SMILES string of the molecule is c1ccc(-c2ccc(-c3cc(-c4cc(-c5ccc6ccc7cccnc7c6n5)cc(-n5c6ccccc6c6cc(-c7ccccc7)ccc65)c4)nc(-c4ccccc4)n3)cc2)cc1. The van der Waals surface area contributed by atoms with E-state index in [-0.39, 0.29) is 0 Å². The standard InChI is InChI=1S/C58H37N5/c1-4-13-38(14-5-1)40-22-24-41(25-23-40)52-37-53(62-58(61-52)44-17-8-3-9-18-44)47-33-46(51-30-28-43-27-26-42-19-12-32-59-56(42)57(43)60-51)34-48(35-47)63-54-21-11-10-20-49(54)50-36-45(29-31-55(50)63)39-15-6-2-7-16-39/h1-37H. The van der Waals surface area contributed by atoms with Gasteiger partial charge in [-0.05, 0) is 76.9 Å². The highest BCUT2D eigenvalue weighted by molar-refractivity contribution is 6.11. The van der Waals surface area contributed by atoms with Gasteiger partial charge in [-0.3, -0.25) is 4.98 Å². The molecule has 0 saturated carbocycles. The third-order valence-electron chi connectivity index (χ3n) is 12.0. The summed E-state index contributed by atoms with van der Waals surface area (Å²) in [5.41, 5.74) is 16.1. The molecule has 0 N–H and O–H groups in total. The molecule has 0 radical (unpaired) electrons. The van der Waals surface area contributed by atoms with E-state index in [1.807, 2.05) is 36.5 Å². The fourth-order valence-corrected chi connectivity index (χ4v) is 8.91. The summed E-state index contributed by atoms with van der Waals surface area (Å²) >= 11 is 0. The van der Waals surface area contributed by atoms with Crippen molar-refractivity contribution in [2.75, 3.05) is 0 Å². The molecule has 0 unspecified atom stereocenters. The van der Waals surface area contributed by atoms with Crippen molar-refractivity contribution in [2.24, 2.45) is 0 Å². The molecule has 63 heavy (non-hydrogen) atoms. The largest absolute Gasteiger partial charge is 0.309 e. The summed E-state index contributed by atoms with van der Waals surface area (Å²) in [5.74, 6) is 0.661. The molecule has 0 saturated heterocycles. The molecule has 0 spiro atoms. The smallest absolute Gasteiger partial charge is 0.160 e. The number of rotatable bonds is 7. The first-order chi connectivity index (χ1) is 31.2. The molecule has 0 bridgehead atoms. The summed E-state index contributed by atoms with van der Waals surface area (Å²) in [5, 5.41) is 4.48. The van der Waals surface area contributed by atoms with Gasteiger partial charge < -0.3 is 4.57 Å². The van der Waals surface area contributed by atoms with Crippen LogP contribution in [0, 0.1) is 0 Å². The van der Waals surface area contributed by atoms with Gasteiger partial charge in [-0.25, -0.2) is 15.0 Å². The van der Waals surface area contributed by atoms with Crippen LogP contribution >= 0.6 is 0 Å². The van der Waals surface area contributed by atoms with Crippen LogP contribution in [0.25, 0.3) is 117 Å². The molecular weight excluding hydrogens is 767 g/mol. The van der Waals surface area contributed by atoms with E-state index in [0.29, 0.717) is 5.82 Å². The second-order valence-corrected chi connectivity index (χ2v) is 15.9. The molecule has 4 aromatic heterocycles. The molecule has 0 aliphatic carbocycles. The lowest BCUT2D eigenvalue weighted by Crippen LogP contribution is -1.99. The Kier molecular flexibility index (Phi) is 8.75. The van der Waals surface area contributed by atoms with E-state index >= 15 is 0 Å². The number of hydrogen-bond donors (Lipinski definition) is 0. The van der Waals surface area contributed by atoms with Gasteiger partial charge in [0.1, 0.15) is 0 Å². The van der Waals surface area contributed by atoms with Crippen molar-refractivity contribution in [3.05, 3.63) is 225 Å². The molecule has 0 amide bonds. The summed E-state index contributed by atoms with van der Waals surface area (Å²) in [6, 6.07) is 76.9. The molecule has 0 atom stereocenters. The predicted molar refractivity (Wildman–Crippen MR) is 260 cm³/mol. The van der Waals surface area contributed by atoms with Crippen LogP contribution < -0.4 is 0 Å². The van der Waals surface area contributed by atoms with E-state index in [9.17, 15) is 0 Å². The van der Waals surface area contributed by atoms with Crippen LogP contribution in [0.3, 0.4) is 0 Å². The Balaban J connectivity index is 1.10. The lowest BCUT2D eigenvalue weighted by molar-refractivity contribution is 1.16. The molecule has 4 heterocycles. The van der Waals surface area contributed by atoms with Gasteiger partial charge in [0.25, 0.3) is 0 Å². The van der Waals surface area contributed by atoms with Crippen LogP contribution in [0.2, 0.25) is 0 Å². The zero-order chi connectivity index (χ0) is 41.7. The summed E-state index contributed by atoms with van der Waals surface area (Å²) in [6.45, 7) is 0. The zero-order valence-corrected chi connectivity index (χ0v) is 34.1. The number of aromatic nitrogens is 5. The van der Waals surface area contributed by atoms with Crippen LogP contribution in [0.15, 0.2) is 225 Å². The molecule has 294 valence electrons. The topological polar surface area (TPSA) is 56.5 Å². The maximum Gasteiger partial charge on any atom is 0.160 e. The minimum absolute atomic E-state index is 0.661. The first kappa shape index (κ1) is 36.3. The molecule has 0 fully saturated rings. The van der Waals surface area contributed by atoms with Crippen LogP contribution in [-0.4, -0.2) is 24.5 Å². The van der Waals surface area contributed by atoms with Gasteiger partial charge in [0, 0.05) is 55.7 Å². The van der Waals surface area contributed by atoms with Crippen molar-refractivity contribution >= 4 is 43.6 Å². The average Bonchev–Trinajstić information content (AvgIpc) is 3.70. The highest BCUT2D eigenvalue weighted by Crippen LogP contribution is 2.39. The summed E-state index contributed by atoms with van der Waals surface area (Å²) in [7, 11) is 0. The Morgan fingerprint density at radius 2 is 0.857 bits per heavy atom. The van der Waals surface area contributed by atoms with E-state index in [0.717, 1.165) is 83.4 Å². The van der Waals surface area contributed by atoms with Crippen molar-refractivity contribution < 1.29 is 0 Å². The number of hydrogen-bond acceptors (Lipinski definition) is 4. The molecule has 0 aliphatic rings. The van der Waals surface area contributed by atoms with E-state index < -0.39 is 0 Å². The summed E-state index contributed by atoms with van der Waals surface area (Å²) in [6.07, 6.45) is 1.84. The number of fused-ring (bicyclic) bond motifs is 6. The lowest BCUT2D eigenvalue weighted by atomic mass is 9.99. The summed E-state index contributed by atoms with van der Waals surface area (Å²) in [4.78, 5) is 20.7. The van der Waals surface area contributed by atoms with Gasteiger partial charge in [-0.1, -0.05) is 164 Å². The van der Waals surface area contributed by atoms with Crippen molar-refractivity contribution in [3.63, 3.8) is 0 Å². The van der Waals surface area contributed by atoms with Crippen molar-refractivity contribution in [3.8, 4) is 73.1 Å². The van der Waals surface area contributed by atoms with Crippen LogP contribution in [0.5, 0.6) is 0 Å². The molecule has 12 rings (SSSR count). The van der Waals surface area contributed by atoms with Gasteiger partial charge in [-0.15, -0.1) is 0 Å². The van der Waals surface area contributed by atoms with E-state index in [1.54, 1.807) is 0 Å². The van der Waals surface area contributed by atoms with E-state index in [1.165, 1.54) is 27.5 Å². The Morgan fingerprint density at radius 3 is 1.60 bits per heavy atom. The van der Waals surface area contributed by atoms with Crippen LogP contribution in [-0.2, 0) is 0 Å². The Labute approximate surface area is 364 Å². The molecule has 5 heteroatoms. The molecule has 8 aromatic carbocycles. The summed E-state index contributed by atoms with van der Waals surface area (Å²) < 4.78 is 2.38. The highest BCUT2D eigenvalue weighted by atomic mass is 15.0. The molecule has 12 aromatic rings. The van der Waals surface area contributed by atoms with Crippen molar-refractivity contribution in [2.45, 2.75) is 0 Å². The monoisotopic (exact) mass is 803 g/mol. The van der Waals surface area contributed by atoms with Gasteiger partial charge in [0.2, 0.25) is 0 Å². The third-order valence-corrected chi connectivity index (χ3v) is 12.0. The van der Waals surface area contributed by atoms with Crippen LogP contribution in [0.4, 0.5) is 0 Å². The highest BCUT2D eigenvalue weighted by Gasteiger charge is 2.18. The second kappa shape index (κ2) is 15.2. The quantitative estimate of drug-likeness (QED) is 0.151. The minimum atomic E-state index is 0.661. The van der Waals surface area contributed by atoms with Gasteiger partial charge in [0.05, 0.1) is 39.1 Å². The normalized spacial score (nSPS) is 11.5. The number of para-hydroxylation sites is 1. The first-order valence-corrected chi connectivity index (χ1v) is 21.2. The average molecular weight is 804 g/mol. The molecule has 5 nitrogen and oxygen atoms in total. The first-order valence-electron chi connectivity index (χ1n) is 21.2. The van der Waals surface area contributed by atoms with Gasteiger partial charge in [0.15, 0.2) is 5.82 Å². The third kappa shape index (κ3) is 6.60. The maximum atomic E-state index is 5.36. The fourth-order valence-electron chi connectivity index (χ4n) is 8.91. The maximum absolute atomic E-state index is 5.36. The molecular formula is C58H37N5. The Morgan fingerprint density at radius 1 is 0.302 bits per heavy atom. The van der Waals surface area contributed by atoms with Crippen LogP contribution in [0.1, 0.15) is 0 Å². The number of nitrogens with zero attached hydrogens (tertiary/aromatic N) is 5. The number of pyridine rings is 2. The second-order valence-electron chi connectivity index (χ2n) is 15.9. The zero-order valence-electron chi connectivity index (χ0n) is 34.1. The minimum Gasteiger partial charge on any atom is -0.309 e. The predicted octanol–water partition coefficient (Wildman–Crippen LogP) is 14.7. The van der Waals surface area contributed by atoms with E-state index in [4.69, 9.17) is 19.9 Å². The molecule has 0 aliphatic heterocycles. The fraction of sp³-hybridized carbons (Fsp3) is 0. The Bertz CT molecular complexity index is 3650. The van der Waals surface area contributed by atoms with Crippen molar-refractivity contribution in [1.82, 2.24) is 24.5 Å². The Hall–Kier alpha value is -8.54.